The Morgan fingerprint density at radius 2 is 2.08 bits per heavy atom. The molecule has 3 rings (SSSR count). The van der Waals surface area contributed by atoms with E-state index < -0.39 is 29.2 Å². The molecule has 1 fully saturated rings. The van der Waals surface area contributed by atoms with Crippen LogP contribution in [0, 0.1) is 5.92 Å². The first-order valence-corrected chi connectivity index (χ1v) is 7.96. The van der Waals surface area contributed by atoms with Crippen molar-refractivity contribution >= 4 is 16.8 Å². The minimum atomic E-state index is -4.51. The number of nitrogens with one attached hydrogen (secondary N) is 2. The third-order valence-electron chi connectivity index (χ3n) is 4.60. The molecule has 134 valence electrons. The molecular formula is C17H17F3N2O3. The molecule has 1 aromatic heterocycles. The predicted octanol–water partition coefficient (Wildman–Crippen LogP) is 2.44. The molecule has 0 unspecified atom stereocenters. The van der Waals surface area contributed by atoms with E-state index in [1.165, 1.54) is 0 Å². The third kappa shape index (κ3) is 3.53. The Kier molecular flexibility index (Phi) is 4.55. The second kappa shape index (κ2) is 6.51. The van der Waals surface area contributed by atoms with Gasteiger partial charge in [-0.1, -0.05) is 6.42 Å². The van der Waals surface area contributed by atoms with E-state index in [0.29, 0.717) is 6.42 Å². The van der Waals surface area contributed by atoms with Gasteiger partial charge >= 0.3 is 6.18 Å². The van der Waals surface area contributed by atoms with Gasteiger partial charge < -0.3 is 15.4 Å². The Labute approximate surface area is 140 Å². The lowest BCUT2D eigenvalue weighted by atomic mass is 10.1. The number of aliphatic hydroxyl groups is 1. The highest BCUT2D eigenvalue weighted by molar-refractivity contribution is 5.97. The number of fused-ring (bicyclic) bond motifs is 1. The number of aliphatic hydroxyl groups excluding tert-OH is 1. The lowest BCUT2D eigenvalue weighted by molar-refractivity contribution is -0.137. The number of rotatable bonds is 3. The van der Waals surface area contributed by atoms with Crippen molar-refractivity contribution < 1.29 is 23.1 Å². The van der Waals surface area contributed by atoms with Crippen LogP contribution in [0.15, 0.2) is 29.2 Å². The summed E-state index contributed by atoms with van der Waals surface area (Å²) in [5.74, 6) is -0.653. The van der Waals surface area contributed by atoms with Crippen LogP contribution in [0.4, 0.5) is 13.2 Å². The molecule has 3 N–H and O–H groups in total. The van der Waals surface area contributed by atoms with Crippen molar-refractivity contribution in [3.05, 3.63) is 45.7 Å². The highest BCUT2D eigenvalue weighted by Gasteiger charge is 2.31. The van der Waals surface area contributed by atoms with E-state index >= 15 is 0 Å². The van der Waals surface area contributed by atoms with Crippen LogP contribution in [0.3, 0.4) is 0 Å². The topological polar surface area (TPSA) is 82.2 Å². The standard InChI is InChI=1S/C17H17F3N2O3/c18-17(19,20)10-4-5-11-13(6-10)21-8-12(15(11)24)16(25)22-7-9-2-1-3-14(9)23/h4-6,8-9,14,23H,1-3,7H2,(H,21,24)(H,22,25)/t9-,14-/m1/s1. The number of amides is 1. The summed E-state index contributed by atoms with van der Waals surface area (Å²) in [4.78, 5) is 27.2. The van der Waals surface area contributed by atoms with Gasteiger partial charge in [0.2, 0.25) is 5.43 Å². The van der Waals surface area contributed by atoms with Gasteiger partial charge in [-0.15, -0.1) is 0 Å². The zero-order chi connectivity index (χ0) is 18.2. The van der Waals surface area contributed by atoms with E-state index in [0.717, 1.165) is 37.2 Å². The fourth-order valence-corrected chi connectivity index (χ4v) is 3.14. The van der Waals surface area contributed by atoms with Gasteiger partial charge in [-0.2, -0.15) is 13.2 Å². The van der Waals surface area contributed by atoms with Gasteiger partial charge in [0.05, 0.1) is 11.7 Å². The molecule has 1 aliphatic carbocycles. The van der Waals surface area contributed by atoms with Crippen LogP contribution < -0.4 is 10.7 Å². The van der Waals surface area contributed by atoms with E-state index in [1.54, 1.807) is 0 Å². The average molecular weight is 354 g/mol. The van der Waals surface area contributed by atoms with E-state index in [2.05, 4.69) is 10.3 Å². The molecular weight excluding hydrogens is 337 g/mol. The molecule has 1 aliphatic rings. The molecule has 0 aliphatic heterocycles. The average Bonchev–Trinajstić information content (AvgIpc) is 2.97. The van der Waals surface area contributed by atoms with Gasteiger partial charge in [-0.05, 0) is 31.0 Å². The fourth-order valence-electron chi connectivity index (χ4n) is 3.14. The van der Waals surface area contributed by atoms with Crippen molar-refractivity contribution in [3.8, 4) is 0 Å². The molecule has 5 nitrogen and oxygen atoms in total. The van der Waals surface area contributed by atoms with Crippen molar-refractivity contribution in [3.63, 3.8) is 0 Å². The number of carbonyl (C=O) groups excluding carboxylic acids is 1. The number of pyridine rings is 1. The van der Waals surface area contributed by atoms with Gasteiger partial charge in [0.15, 0.2) is 0 Å². The Balaban J connectivity index is 1.83. The number of aromatic nitrogens is 1. The summed E-state index contributed by atoms with van der Waals surface area (Å²) in [7, 11) is 0. The molecule has 25 heavy (non-hydrogen) atoms. The second-order valence-corrected chi connectivity index (χ2v) is 6.26. The maximum Gasteiger partial charge on any atom is 0.416 e. The van der Waals surface area contributed by atoms with Crippen LogP contribution in [0.5, 0.6) is 0 Å². The van der Waals surface area contributed by atoms with Crippen molar-refractivity contribution in [1.82, 2.24) is 10.3 Å². The van der Waals surface area contributed by atoms with Crippen LogP contribution in [0.1, 0.15) is 35.2 Å². The van der Waals surface area contributed by atoms with Crippen molar-refractivity contribution in [2.24, 2.45) is 5.92 Å². The smallest absolute Gasteiger partial charge is 0.393 e. The third-order valence-corrected chi connectivity index (χ3v) is 4.60. The second-order valence-electron chi connectivity index (χ2n) is 6.26. The Bertz CT molecular complexity index is 860. The molecule has 1 heterocycles. The fraction of sp³-hybridized carbons (Fsp3) is 0.412. The Hall–Kier alpha value is -2.35. The highest BCUT2D eigenvalue weighted by atomic mass is 19.4. The van der Waals surface area contributed by atoms with E-state index in [1.807, 2.05) is 0 Å². The number of benzene rings is 1. The number of carbonyl (C=O) groups is 1. The summed E-state index contributed by atoms with van der Waals surface area (Å²) in [6.07, 6.45) is -1.47. The van der Waals surface area contributed by atoms with Crippen LogP contribution in [-0.2, 0) is 6.18 Å². The van der Waals surface area contributed by atoms with Crippen LogP contribution in [0.25, 0.3) is 10.9 Å². The molecule has 0 spiro atoms. The van der Waals surface area contributed by atoms with E-state index in [4.69, 9.17) is 0 Å². The first-order chi connectivity index (χ1) is 11.8. The number of alkyl halides is 3. The molecule has 0 bridgehead atoms. The SMILES string of the molecule is O=C(NC[C@H]1CCC[C@H]1O)c1c[nH]c2cc(C(F)(F)F)ccc2c1=O. The quantitative estimate of drug-likeness (QED) is 0.792. The van der Waals surface area contributed by atoms with Gasteiger partial charge in [0.1, 0.15) is 5.56 Å². The first-order valence-electron chi connectivity index (χ1n) is 7.96. The normalized spacial score (nSPS) is 20.8. The van der Waals surface area contributed by atoms with Gasteiger partial charge in [0.25, 0.3) is 5.91 Å². The minimum absolute atomic E-state index is 0.0153. The number of H-pyrrole nitrogens is 1. The highest BCUT2D eigenvalue weighted by Crippen LogP contribution is 2.30. The molecule has 0 saturated heterocycles. The Morgan fingerprint density at radius 3 is 2.72 bits per heavy atom. The minimum Gasteiger partial charge on any atom is -0.393 e. The van der Waals surface area contributed by atoms with Gasteiger partial charge in [-0.3, -0.25) is 9.59 Å². The van der Waals surface area contributed by atoms with E-state index in [-0.39, 0.29) is 28.9 Å². The van der Waals surface area contributed by atoms with Crippen LogP contribution >= 0.6 is 0 Å². The molecule has 8 heteroatoms. The number of hydrogen-bond donors (Lipinski definition) is 3. The zero-order valence-electron chi connectivity index (χ0n) is 13.2. The van der Waals surface area contributed by atoms with Gasteiger partial charge in [0, 0.05) is 29.6 Å². The largest absolute Gasteiger partial charge is 0.416 e. The van der Waals surface area contributed by atoms with E-state index in [9.17, 15) is 27.9 Å². The van der Waals surface area contributed by atoms with Crippen LogP contribution in [-0.4, -0.2) is 28.6 Å². The first kappa shape index (κ1) is 17.5. The molecule has 1 saturated carbocycles. The molecule has 1 aromatic carbocycles. The zero-order valence-corrected chi connectivity index (χ0v) is 13.2. The summed E-state index contributed by atoms with van der Waals surface area (Å²) >= 11 is 0. The molecule has 2 aromatic rings. The number of halogens is 3. The van der Waals surface area contributed by atoms with Crippen LogP contribution in [0.2, 0.25) is 0 Å². The molecule has 0 radical (unpaired) electrons. The van der Waals surface area contributed by atoms with Crippen molar-refractivity contribution in [2.75, 3.05) is 6.54 Å². The molecule has 1 amide bonds. The van der Waals surface area contributed by atoms with Crippen molar-refractivity contribution in [1.29, 1.82) is 0 Å². The monoisotopic (exact) mass is 354 g/mol. The number of hydrogen-bond acceptors (Lipinski definition) is 3. The summed E-state index contributed by atoms with van der Waals surface area (Å²) < 4.78 is 38.2. The maximum atomic E-state index is 12.7. The summed E-state index contributed by atoms with van der Waals surface area (Å²) in [5.41, 5.74) is -1.66. The Morgan fingerprint density at radius 1 is 1.32 bits per heavy atom. The summed E-state index contributed by atoms with van der Waals surface area (Å²) in [6, 6.07) is 2.72. The van der Waals surface area contributed by atoms with Gasteiger partial charge in [-0.25, -0.2) is 0 Å². The predicted molar refractivity (Wildman–Crippen MR) is 85.3 cm³/mol. The molecule has 2 atom stereocenters. The lowest BCUT2D eigenvalue weighted by Gasteiger charge is -2.15. The summed E-state index contributed by atoms with van der Waals surface area (Å²) in [6.45, 7) is 0.254. The summed E-state index contributed by atoms with van der Waals surface area (Å²) in [5, 5.41) is 12.4. The number of aromatic amines is 1. The maximum absolute atomic E-state index is 12.7. The van der Waals surface area contributed by atoms with Crippen molar-refractivity contribution in [2.45, 2.75) is 31.5 Å². The lowest BCUT2D eigenvalue weighted by Crippen LogP contribution is -2.35.